The molecule has 8 heteroatoms. The minimum absolute atomic E-state index is 0.00414. The summed E-state index contributed by atoms with van der Waals surface area (Å²) in [5.74, 6) is 0.830. The number of halogens is 4. The Morgan fingerprint density at radius 1 is 1.41 bits per heavy atom. The number of hydrogen-bond donors (Lipinski definition) is 1. The molecule has 0 bridgehead atoms. The largest absolute Gasteiger partial charge is 0.472 e. The number of rotatable bonds is 2. The van der Waals surface area contributed by atoms with Gasteiger partial charge in [0.15, 0.2) is 0 Å². The van der Waals surface area contributed by atoms with Crippen LogP contribution in [0.15, 0.2) is 33.6 Å². The Bertz CT molecular complexity index is 539. The average Bonchev–Trinajstić information content (AvgIpc) is 2.15. The van der Waals surface area contributed by atoms with Gasteiger partial charge in [-0.15, -0.1) is 0 Å². The van der Waals surface area contributed by atoms with E-state index < -0.39 is 21.8 Å². The molecule has 0 aliphatic rings. The average molecular weight is 330 g/mol. The second-order valence-corrected chi connectivity index (χ2v) is 6.00. The van der Waals surface area contributed by atoms with Crippen molar-refractivity contribution in [3.63, 3.8) is 0 Å². The summed E-state index contributed by atoms with van der Waals surface area (Å²) in [6, 6.07) is 5.72. The lowest BCUT2D eigenvalue weighted by atomic mass is 10.4. The van der Waals surface area contributed by atoms with Crippen molar-refractivity contribution in [3.8, 4) is 0 Å². The second kappa shape index (κ2) is 4.69. The Hall–Kier alpha value is -1.02. The molecule has 1 aromatic carbocycles. The van der Waals surface area contributed by atoms with Gasteiger partial charge in [0.05, 0.1) is 14.6 Å². The van der Waals surface area contributed by atoms with Crippen LogP contribution in [0, 0.1) is 0 Å². The van der Waals surface area contributed by atoms with Gasteiger partial charge in [0.25, 0.3) is 0 Å². The fourth-order valence-electron chi connectivity index (χ4n) is 0.939. The lowest BCUT2D eigenvalue weighted by Crippen LogP contribution is -2.40. The second-order valence-electron chi connectivity index (χ2n) is 3.06. The Labute approximate surface area is 104 Å². The topological polar surface area (TPSA) is 46.2 Å². The summed E-state index contributed by atoms with van der Waals surface area (Å²) >= 11 is 3.07. The number of carbonyl (C=O) groups excluding carboxylic acids is 1. The van der Waals surface area contributed by atoms with Crippen LogP contribution in [0.3, 0.4) is 0 Å². The van der Waals surface area contributed by atoms with Gasteiger partial charge < -0.3 is 0 Å². The van der Waals surface area contributed by atoms with E-state index in [1.165, 1.54) is 22.9 Å². The number of alkyl halides is 3. The first kappa shape index (κ1) is 14.0. The Kier molecular flexibility index (Phi) is 3.88. The van der Waals surface area contributed by atoms with Crippen LogP contribution < -0.4 is 4.72 Å². The molecule has 0 aliphatic heterocycles. The van der Waals surface area contributed by atoms with E-state index in [9.17, 15) is 22.2 Å². The fraction of sp³-hybridized carbons (Fsp3) is 0.111. The molecule has 1 aromatic rings. The van der Waals surface area contributed by atoms with Crippen molar-refractivity contribution in [1.29, 1.82) is 0 Å². The molecule has 1 rings (SSSR count). The van der Waals surface area contributed by atoms with Crippen LogP contribution in [0.4, 0.5) is 13.2 Å². The number of nitrogens with one attached hydrogen (secondary N) is 1. The van der Waals surface area contributed by atoms with E-state index in [0.717, 1.165) is 0 Å². The zero-order valence-corrected chi connectivity index (χ0v) is 10.7. The van der Waals surface area contributed by atoms with E-state index in [4.69, 9.17) is 0 Å². The molecule has 0 aromatic heterocycles. The number of hydrogen-bond acceptors (Lipinski definition) is 2. The van der Waals surface area contributed by atoms with Gasteiger partial charge in [-0.3, -0.25) is 9.52 Å². The van der Waals surface area contributed by atoms with Gasteiger partial charge in [0.1, 0.15) is 0 Å². The summed E-state index contributed by atoms with van der Waals surface area (Å²) in [4.78, 5) is 10.7. The monoisotopic (exact) mass is 329 g/mol. The summed E-state index contributed by atoms with van der Waals surface area (Å²) in [6.45, 7) is 0. The molecule has 1 N–H and O–H groups in total. The summed E-state index contributed by atoms with van der Waals surface area (Å²) in [6.07, 6.45) is -5.09. The van der Waals surface area contributed by atoms with Crippen LogP contribution in [-0.2, 0) is 14.5 Å². The molecule has 0 fully saturated rings. The van der Waals surface area contributed by atoms with Gasteiger partial charge in [-0.1, -0.05) is 22.0 Å². The number of carbonyl (C=O) groups is 1. The van der Waals surface area contributed by atoms with Gasteiger partial charge in [-0.2, -0.15) is 13.2 Å². The lowest BCUT2D eigenvalue weighted by Gasteiger charge is -2.13. The minimum atomic E-state index is -5.09. The number of benzene rings is 1. The molecule has 0 spiro atoms. The molecule has 0 saturated carbocycles. The Balaban J connectivity index is 3.02. The van der Waals surface area contributed by atoms with Gasteiger partial charge in [-0.05, 0) is 24.1 Å². The van der Waals surface area contributed by atoms with Crippen molar-refractivity contribution in [2.45, 2.75) is 11.1 Å². The van der Waals surface area contributed by atoms with Gasteiger partial charge in [0.2, 0.25) is 0 Å². The highest BCUT2D eigenvalue weighted by Crippen LogP contribution is 2.19. The quantitative estimate of drug-likeness (QED) is 0.845. The van der Waals surface area contributed by atoms with Crippen LogP contribution in [-0.4, -0.2) is 22.2 Å². The van der Waals surface area contributed by atoms with Crippen molar-refractivity contribution in [1.82, 2.24) is 4.72 Å². The smallest absolute Gasteiger partial charge is 0.271 e. The third kappa shape index (κ3) is 3.74. The van der Waals surface area contributed by atoms with E-state index >= 15 is 0 Å². The van der Waals surface area contributed by atoms with Crippen LogP contribution in [0.1, 0.15) is 0 Å². The van der Waals surface area contributed by atoms with Crippen LogP contribution in [0.5, 0.6) is 0 Å². The third-order valence-corrected chi connectivity index (χ3v) is 3.72. The van der Waals surface area contributed by atoms with E-state index in [1.807, 2.05) is 0 Å². The van der Waals surface area contributed by atoms with E-state index in [1.54, 1.807) is 6.07 Å². The molecule has 1 atom stereocenters. The fourth-order valence-corrected chi connectivity index (χ4v) is 2.64. The molecule has 1 unspecified atom stereocenters. The zero-order valence-electron chi connectivity index (χ0n) is 8.25. The Morgan fingerprint density at radius 3 is 2.47 bits per heavy atom. The maximum absolute atomic E-state index is 12.0. The van der Waals surface area contributed by atoms with E-state index in [0.29, 0.717) is 4.47 Å². The van der Waals surface area contributed by atoms with Crippen LogP contribution in [0.2, 0.25) is 0 Å². The Morgan fingerprint density at radius 2 is 2.00 bits per heavy atom. The summed E-state index contributed by atoms with van der Waals surface area (Å²) in [5.41, 5.74) is 0. The first-order chi connectivity index (χ1) is 7.63. The third-order valence-electron chi connectivity index (χ3n) is 1.69. The first-order valence-corrected chi connectivity index (χ1v) is 6.67. The lowest BCUT2D eigenvalue weighted by molar-refractivity contribution is -0.171. The molecule has 1 amide bonds. The van der Waals surface area contributed by atoms with Gasteiger partial charge >= 0.3 is 12.1 Å². The normalized spacial score (nSPS) is 15.1. The zero-order chi connectivity index (χ0) is 13.3. The van der Waals surface area contributed by atoms with Crippen LogP contribution >= 0.6 is 15.9 Å². The molecule has 0 heterocycles. The van der Waals surface area contributed by atoms with E-state index in [-0.39, 0.29) is 4.90 Å². The predicted octanol–water partition coefficient (Wildman–Crippen LogP) is 2.12. The highest BCUT2D eigenvalue weighted by Gasteiger charge is 2.40. The molecular formula is C9H7BrF3NO2S. The van der Waals surface area contributed by atoms with Crippen molar-refractivity contribution < 1.29 is 22.2 Å². The number of amides is 1. The summed E-state index contributed by atoms with van der Waals surface area (Å²) in [5, 5.41) is 0. The summed E-state index contributed by atoms with van der Waals surface area (Å²) in [7, 11) is -3.51. The minimum Gasteiger partial charge on any atom is -0.271 e. The molecule has 3 nitrogen and oxygen atoms in total. The maximum atomic E-state index is 12.0. The molecule has 17 heavy (non-hydrogen) atoms. The maximum Gasteiger partial charge on any atom is 0.472 e. The molecule has 0 saturated heterocycles. The highest BCUT2D eigenvalue weighted by molar-refractivity contribution is 9.10. The van der Waals surface area contributed by atoms with E-state index in [2.05, 4.69) is 21.8 Å². The molecule has 0 aliphatic carbocycles. The highest BCUT2D eigenvalue weighted by atomic mass is 79.9. The van der Waals surface area contributed by atoms with Crippen LogP contribution in [0.25, 0.3) is 0 Å². The van der Waals surface area contributed by atoms with Crippen molar-refractivity contribution in [3.05, 3.63) is 28.7 Å². The molecular weight excluding hydrogens is 323 g/mol. The van der Waals surface area contributed by atoms with Gasteiger partial charge in [0, 0.05) is 4.47 Å². The molecule has 94 valence electrons. The van der Waals surface area contributed by atoms with Gasteiger partial charge in [-0.25, -0.2) is 4.21 Å². The standard InChI is InChI=1S/C9H7BrF3NO2S/c1-17(16,14-8(15)9(11,12)13)7-4-2-3-6(10)5-7/h2-5H,1H2,(H,14,15,16). The SMILES string of the molecule is C=S(=O)(NC(=O)C(F)(F)F)c1cccc(Br)c1. The summed E-state index contributed by atoms with van der Waals surface area (Å²) < 4.78 is 49.7. The predicted molar refractivity (Wildman–Crippen MR) is 61.9 cm³/mol. The van der Waals surface area contributed by atoms with Crippen molar-refractivity contribution in [2.24, 2.45) is 0 Å². The molecule has 0 radical (unpaired) electrons. The van der Waals surface area contributed by atoms with Crippen molar-refractivity contribution >= 4 is 37.4 Å². The van der Waals surface area contributed by atoms with Crippen molar-refractivity contribution in [2.75, 3.05) is 0 Å². The first-order valence-electron chi connectivity index (χ1n) is 4.15.